The van der Waals surface area contributed by atoms with Crippen LogP contribution in [0, 0.1) is 0 Å². The maximum absolute atomic E-state index is 11.6. The molecule has 0 saturated carbocycles. The van der Waals surface area contributed by atoms with Crippen molar-refractivity contribution in [2.75, 3.05) is 37.1 Å². The molecule has 8 heteroatoms. The molecule has 0 radical (unpaired) electrons. The van der Waals surface area contributed by atoms with Crippen LogP contribution in [0.5, 0.6) is 5.75 Å². The number of carbonyl (C=O) groups excluding carboxylic acids is 1. The summed E-state index contributed by atoms with van der Waals surface area (Å²) >= 11 is 0. The largest absolute Gasteiger partial charge is 0.491 e. The molecule has 0 bridgehead atoms. The highest BCUT2D eigenvalue weighted by molar-refractivity contribution is 7.90. The Morgan fingerprint density at radius 1 is 1.26 bits per heavy atom. The first-order chi connectivity index (χ1) is 10.8. The molecule has 0 saturated heterocycles. The predicted octanol–water partition coefficient (Wildman–Crippen LogP) is 0.836. The minimum atomic E-state index is -3.16. The molecule has 0 spiro atoms. The second-order valence-electron chi connectivity index (χ2n) is 5.08. The van der Waals surface area contributed by atoms with Crippen molar-refractivity contribution in [1.82, 2.24) is 0 Å². The molecule has 0 aliphatic heterocycles. The third kappa shape index (κ3) is 9.17. The van der Waals surface area contributed by atoms with E-state index in [1.54, 1.807) is 24.3 Å². The van der Waals surface area contributed by atoms with Gasteiger partial charge in [0, 0.05) is 25.0 Å². The fourth-order valence-electron chi connectivity index (χ4n) is 1.63. The van der Waals surface area contributed by atoms with Crippen LogP contribution in [-0.2, 0) is 19.4 Å². The Labute approximate surface area is 136 Å². The van der Waals surface area contributed by atoms with Gasteiger partial charge in [-0.25, -0.2) is 8.42 Å². The van der Waals surface area contributed by atoms with Crippen LogP contribution >= 0.6 is 0 Å². The van der Waals surface area contributed by atoms with E-state index >= 15 is 0 Å². The van der Waals surface area contributed by atoms with E-state index in [-0.39, 0.29) is 31.3 Å². The van der Waals surface area contributed by atoms with Gasteiger partial charge >= 0.3 is 0 Å². The zero-order chi connectivity index (χ0) is 17.3. The van der Waals surface area contributed by atoms with Gasteiger partial charge in [0.1, 0.15) is 28.3 Å². The van der Waals surface area contributed by atoms with Gasteiger partial charge in [0.05, 0.1) is 12.4 Å². The lowest BCUT2D eigenvalue weighted by Crippen LogP contribution is -2.23. The number of aliphatic hydroxyl groups is 1. The summed E-state index contributed by atoms with van der Waals surface area (Å²) in [4.78, 5) is 11.6. The summed E-state index contributed by atoms with van der Waals surface area (Å²) in [7, 11) is -3.16. The standard InChI is InChI=1S/C15H23NO6S/c1-3-21-10-13(17)11-22-14-6-4-12(5-7-14)16-15(18)8-9-23(2,19)20/h4-7,13,17H,3,8-11H2,1-2H3,(H,16,18). The topological polar surface area (TPSA) is 102 Å². The van der Waals surface area contributed by atoms with Crippen LogP contribution in [0.1, 0.15) is 13.3 Å². The van der Waals surface area contributed by atoms with Crippen LogP contribution in [0.4, 0.5) is 5.69 Å². The smallest absolute Gasteiger partial charge is 0.225 e. The molecule has 1 atom stereocenters. The highest BCUT2D eigenvalue weighted by atomic mass is 32.2. The number of nitrogens with one attached hydrogen (secondary N) is 1. The van der Waals surface area contributed by atoms with Crippen LogP contribution in [0.2, 0.25) is 0 Å². The van der Waals surface area contributed by atoms with Crippen molar-refractivity contribution in [2.24, 2.45) is 0 Å². The SMILES string of the molecule is CCOCC(O)COc1ccc(NC(=O)CCS(C)(=O)=O)cc1. The first kappa shape index (κ1) is 19.4. The van der Waals surface area contributed by atoms with Gasteiger partial charge in [0.25, 0.3) is 0 Å². The lowest BCUT2D eigenvalue weighted by atomic mass is 10.3. The molecule has 0 fully saturated rings. The number of hydrogen-bond donors (Lipinski definition) is 2. The van der Waals surface area contributed by atoms with E-state index in [1.807, 2.05) is 6.92 Å². The molecule has 130 valence electrons. The molecule has 1 rings (SSSR count). The maximum atomic E-state index is 11.6. The number of carbonyl (C=O) groups is 1. The minimum Gasteiger partial charge on any atom is -0.491 e. The summed E-state index contributed by atoms with van der Waals surface area (Å²) in [5, 5.41) is 12.2. The molecule has 1 aromatic carbocycles. The molecule has 0 aliphatic carbocycles. The third-order valence-corrected chi connectivity index (χ3v) is 3.74. The highest BCUT2D eigenvalue weighted by Gasteiger charge is 2.09. The molecule has 1 unspecified atom stereocenters. The minimum absolute atomic E-state index is 0.0826. The second kappa shape index (κ2) is 9.49. The maximum Gasteiger partial charge on any atom is 0.225 e. The number of sulfone groups is 1. The number of amides is 1. The number of anilines is 1. The Kier molecular flexibility index (Phi) is 8.01. The fourth-order valence-corrected chi connectivity index (χ4v) is 2.19. The lowest BCUT2D eigenvalue weighted by Gasteiger charge is -2.12. The van der Waals surface area contributed by atoms with Gasteiger partial charge in [-0.05, 0) is 31.2 Å². The Morgan fingerprint density at radius 2 is 1.91 bits per heavy atom. The van der Waals surface area contributed by atoms with Crippen molar-refractivity contribution in [2.45, 2.75) is 19.4 Å². The van der Waals surface area contributed by atoms with Crippen LogP contribution in [0.15, 0.2) is 24.3 Å². The van der Waals surface area contributed by atoms with Crippen molar-refractivity contribution in [1.29, 1.82) is 0 Å². The molecule has 2 N–H and O–H groups in total. The van der Waals surface area contributed by atoms with Crippen LogP contribution in [0.25, 0.3) is 0 Å². The van der Waals surface area contributed by atoms with Crippen molar-refractivity contribution in [3.05, 3.63) is 24.3 Å². The van der Waals surface area contributed by atoms with E-state index < -0.39 is 15.9 Å². The average Bonchev–Trinajstić information content (AvgIpc) is 2.49. The Morgan fingerprint density at radius 3 is 2.48 bits per heavy atom. The normalized spacial score (nSPS) is 12.7. The van der Waals surface area contributed by atoms with Gasteiger partial charge in [-0.2, -0.15) is 0 Å². The van der Waals surface area contributed by atoms with E-state index in [1.165, 1.54) is 0 Å². The fraction of sp³-hybridized carbons (Fsp3) is 0.533. The predicted molar refractivity (Wildman–Crippen MR) is 87.4 cm³/mol. The second-order valence-corrected chi connectivity index (χ2v) is 7.34. The number of ether oxygens (including phenoxy) is 2. The first-order valence-electron chi connectivity index (χ1n) is 7.26. The molecule has 1 amide bonds. The van der Waals surface area contributed by atoms with Gasteiger partial charge in [-0.3, -0.25) is 4.79 Å². The quantitative estimate of drug-likeness (QED) is 0.651. The van der Waals surface area contributed by atoms with E-state index in [4.69, 9.17) is 9.47 Å². The summed E-state index contributed by atoms with van der Waals surface area (Å²) in [6.45, 7) is 2.70. The molecule has 23 heavy (non-hydrogen) atoms. The third-order valence-electron chi connectivity index (χ3n) is 2.79. The van der Waals surface area contributed by atoms with Crippen LogP contribution in [0.3, 0.4) is 0 Å². The number of benzene rings is 1. The van der Waals surface area contributed by atoms with E-state index in [0.717, 1.165) is 6.26 Å². The molecule has 7 nitrogen and oxygen atoms in total. The van der Waals surface area contributed by atoms with E-state index in [0.29, 0.717) is 18.0 Å². The number of rotatable bonds is 10. The molecule has 0 aliphatic rings. The molecule has 0 aromatic heterocycles. The summed E-state index contributed by atoms with van der Waals surface area (Å²) in [6, 6.07) is 6.59. The molecule has 1 aromatic rings. The van der Waals surface area contributed by atoms with Gasteiger partial charge in [-0.1, -0.05) is 0 Å². The zero-order valence-corrected chi connectivity index (χ0v) is 14.1. The molecule has 0 heterocycles. The Balaban J connectivity index is 2.39. The Bertz CT molecular complexity index is 584. The van der Waals surface area contributed by atoms with E-state index in [9.17, 15) is 18.3 Å². The summed E-state index contributed by atoms with van der Waals surface area (Å²) in [6.07, 6.45) is 0.304. The molecular weight excluding hydrogens is 322 g/mol. The summed E-state index contributed by atoms with van der Waals surface area (Å²) < 4.78 is 32.5. The van der Waals surface area contributed by atoms with Crippen molar-refractivity contribution >= 4 is 21.4 Å². The number of aliphatic hydroxyl groups excluding tert-OH is 1. The van der Waals surface area contributed by atoms with Crippen molar-refractivity contribution in [3.63, 3.8) is 0 Å². The first-order valence-corrected chi connectivity index (χ1v) is 9.32. The molecular formula is C15H23NO6S. The van der Waals surface area contributed by atoms with Crippen LogP contribution in [-0.4, -0.2) is 57.4 Å². The van der Waals surface area contributed by atoms with Crippen LogP contribution < -0.4 is 10.1 Å². The monoisotopic (exact) mass is 345 g/mol. The number of hydrogen-bond acceptors (Lipinski definition) is 6. The Hall–Kier alpha value is -1.64. The lowest BCUT2D eigenvalue weighted by molar-refractivity contribution is -0.115. The van der Waals surface area contributed by atoms with Gasteiger partial charge in [0.15, 0.2) is 0 Å². The average molecular weight is 345 g/mol. The van der Waals surface area contributed by atoms with Gasteiger partial charge in [0.2, 0.25) is 5.91 Å². The zero-order valence-electron chi connectivity index (χ0n) is 13.3. The highest BCUT2D eigenvalue weighted by Crippen LogP contribution is 2.16. The van der Waals surface area contributed by atoms with E-state index in [2.05, 4.69) is 5.32 Å². The van der Waals surface area contributed by atoms with Crippen molar-refractivity contribution < 1.29 is 27.8 Å². The van der Waals surface area contributed by atoms with Crippen molar-refractivity contribution in [3.8, 4) is 5.75 Å². The summed E-state index contributed by atoms with van der Waals surface area (Å²) in [5.41, 5.74) is 0.547. The summed E-state index contributed by atoms with van der Waals surface area (Å²) in [5.74, 6) is 0.00324. The van der Waals surface area contributed by atoms with Gasteiger partial charge in [-0.15, -0.1) is 0 Å². The van der Waals surface area contributed by atoms with Gasteiger partial charge < -0.3 is 19.9 Å².